The summed E-state index contributed by atoms with van der Waals surface area (Å²) in [6.07, 6.45) is 7.32. The third-order valence-electron chi connectivity index (χ3n) is 5.46. The molecule has 0 heterocycles. The molecule has 0 N–H and O–H groups in total. The Labute approximate surface area is 135 Å². The van der Waals surface area contributed by atoms with Crippen LogP contribution in [0.3, 0.4) is 0 Å². The maximum Gasteiger partial charge on any atom is 0.126 e. The summed E-state index contributed by atoms with van der Waals surface area (Å²) in [6.45, 7) is 11.3. The fraction of sp³-hybridized carbons (Fsp3) is 0.524. The molecule has 3 rings (SSSR count). The molecule has 118 valence electrons. The van der Waals surface area contributed by atoms with Gasteiger partial charge in [-0.05, 0) is 80.7 Å². The lowest BCUT2D eigenvalue weighted by Gasteiger charge is -2.40. The lowest BCUT2D eigenvalue weighted by atomic mass is 9.64. The largest absolute Gasteiger partial charge is 0.496 e. The highest BCUT2D eigenvalue weighted by atomic mass is 16.5. The summed E-state index contributed by atoms with van der Waals surface area (Å²) in [5.41, 5.74) is 8.73. The molecule has 0 saturated carbocycles. The minimum Gasteiger partial charge on any atom is -0.496 e. The zero-order valence-corrected chi connectivity index (χ0v) is 14.8. The first-order valence-corrected chi connectivity index (χ1v) is 8.47. The van der Waals surface area contributed by atoms with Crippen LogP contribution in [0.5, 0.6) is 5.75 Å². The monoisotopic (exact) mass is 296 g/mol. The Morgan fingerprint density at radius 3 is 2.59 bits per heavy atom. The Bertz CT molecular complexity index is 659. The Morgan fingerprint density at radius 2 is 1.95 bits per heavy atom. The zero-order chi connectivity index (χ0) is 16.0. The summed E-state index contributed by atoms with van der Waals surface area (Å²) >= 11 is 0. The van der Waals surface area contributed by atoms with Crippen LogP contribution in [0, 0.1) is 12.8 Å². The molecule has 1 nitrogen and oxygen atoms in total. The molecule has 0 amide bonds. The predicted molar refractivity (Wildman–Crippen MR) is 94.7 cm³/mol. The van der Waals surface area contributed by atoms with Gasteiger partial charge in [-0.25, -0.2) is 0 Å². The van der Waals surface area contributed by atoms with E-state index in [1.807, 2.05) is 0 Å². The normalized spacial score (nSPS) is 26.1. The minimum atomic E-state index is 0.557. The first kappa shape index (κ1) is 15.4. The van der Waals surface area contributed by atoms with Crippen LogP contribution < -0.4 is 4.74 Å². The van der Waals surface area contributed by atoms with Crippen LogP contribution in [-0.4, -0.2) is 7.11 Å². The van der Waals surface area contributed by atoms with Gasteiger partial charge in [0.15, 0.2) is 0 Å². The Morgan fingerprint density at radius 1 is 1.23 bits per heavy atom. The van der Waals surface area contributed by atoms with Gasteiger partial charge in [-0.15, -0.1) is 0 Å². The van der Waals surface area contributed by atoms with Gasteiger partial charge in [-0.3, -0.25) is 0 Å². The molecule has 1 aromatic rings. The number of methoxy groups -OCH3 is 1. The molecule has 0 spiro atoms. The van der Waals surface area contributed by atoms with Crippen LogP contribution in [-0.2, 0) is 0 Å². The molecule has 0 fully saturated rings. The van der Waals surface area contributed by atoms with E-state index in [-0.39, 0.29) is 0 Å². The van der Waals surface area contributed by atoms with E-state index in [4.69, 9.17) is 4.74 Å². The van der Waals surface area contributed by atoms with E-state index in [0.29, 0.717) is 11.8 Å². The average molecular weight is 296 g/mol. The van der Waals surface area contributed by atoms with Crippen molar-refractivity contribution < 1.29 is 4.74 Å². The van der Waals surface area contributed by atoms with E-state index in [0.717, 1.165) is 11.7 Å². The fourth-order valence-corrected chi connectivity index (χ4v) is 4.55. The smallest absolute Gasteiger partial charge is 0.126 e. The van der Waals surface area contributed by atoms with Crippen molar-refractivity contribution in [3.8, 4) is 5.75 Å². The molecule has 2 aliphatic rings. The van der Waals surface area contributed by atoms with Crippen molar-refractivity contribution in [2.24, 2.45) is 5.92 Å². The van der Waals surface area contributed by atoms with E-state index in [2.05, 4.69) is 52.8 Å². The highest BCUT2D eigenvalue weighted by Gasteiger charge is 2.37. The molecule has 0 saturated heterocycles. The highest BCUT2D eigenvalue weighted by Crippen LogP contribution is 2.53. The van der Waals surface area contributed by atoms with Gasteiger partial charge in [0.2, 0.25) is 0 Å². The molecule has 0 unspecified atom stereocenters. The maximum absolute atomic E-state index is 5.73. The van der Waals surface area contributed by atoms with Gasteiger partial charge < -0.3 is 4.74 Å². The lowest BCUT2D eigenvalue weighted by molar-refractivity contribution is 0.372. The van der Waals surface area contributed by atoms with E-state index in [9.17, 15) is 0 Å². The van der Waals surface area contributed by atoms with Crippen LogP contribution in [0.4, 0.5) is 0 Å². The molecule has 0 radical (unpaired) electrons. The maximum atomic E-state index is 5.73. The molecule has 22 heavy (non-hydrogen) atoms. The highest BCUT2D eigenvalue weighted by molar-refractivity contribution is 5.77. The predicted octanol–water partition coefficient (Wildman–Crippen LogP) is 5.98. The summed E-state index contributed by atoms with van der Waals surface area (Å²) in [4.78, 5) is 0. The van der Waals surface area contributed by atoms with Crippen molar-refractivity contribution in [1.82, 2.24) is 0 Å². The van der Waals surface area contributed by atoms with E-state index >= 15 is 0 Å². The third kappa shape index (κ3) is 2.31. The van der Waals surface area contributed by atoms with Crippen LogP contribution in [0.1, 0.15) is 74.6 Å². The van der Waals surface area contributed by atoms with Gasteiger partial charge >= 0.3 is 0 Å². The molecular weight excluding hydrogens is 268 g/mol. The minimum absolute atomic E-state index is 0.557. The second-order valence-corrected chi connectivity index (χ2v) is 7.39. The second kappa shape index (κ2) is 5.61. The first-order valence-electron chi connectivity index (χ1n) is 8.47. The zero-order valence-electron chi connectivity index (χ0n) is 14.8. The Kier molecular flexibility index (Phi) is 3.92. The number of benzene rings is 1. The van der Waals surface area contributed by atoms with Crippen molar-refractivity contribution >= 4 is 5.57 Å². The number of aryl methyl sites for hydroxylation is 1. The number of ether oxygens (including phenoxy) is 1. The van der Waals surface area contributed by atoms with Crippen molar-refractivity contribution in [2.75, 3.05) is 7.11 Å². The Balaban J connectivity index is 2.31. The van der Waals surface area contributed by atoms with E-state index in [1.54, 1.807) is 18.2 Å². The summed E-state index contributed by atoms with van der Waals surface area (Å²) in [7, 11) is 1.80. The molecule has 1 heteroatoms. The molecule has 2 aliphatic carbocycles. The third-order valence-corrected chi connectivity index (χ3v) is 5.46. The fourth-order valence-electron chi connectivity index (χ4n) is 4.55. The van der Waals surface area contributed by atoms with Crippen molar-refractivity contribution in [1.29, 1.82) is 0 Å². The summed E-state index contributed by atoms with van der Waals surface area (Å²) in [5.74, 6) is 2.99. The van der Waals surface area contributed by atoms with Crippen LogP contribution in [0.15, 0.2) is 23.8 Å². The quantitative estimate of drug-likeness (QED) is 0.610. The van der Waals surface area contributed by atoms with Crippen molar-refractivity contribution in [3.05, 3.63) is 46.0 Å². The second-order valence-electron chi connectivity index (χ2n) is 7.39. The number of allylic oxidation sites excluding steroid dienone is 4. The van der Waals surface area contributed by atoms with Gasteiger partial charge in [-0.2, -0.15) is 0 Å². The molecule has 3 atom stereocenters. The van der Waals surface area contributed by atoms with Crippen LogP contribution in [0.25, 0.3) is 5.57 Å². The number of hydrogen-bond acceptors (Lipinski definition) is 1. The van der Waals surface area contributed by atoms with E-state index in [1.165, 1.54) is 35.1 Å². The topological polar surface area (TPSA) is 9.23 Å². The van der Waals surface area contributed by atoms with Gasteiger partial charge in [0.1, 0.15) is 5.75 Å². The van der Waals surface area contributed by atoms with Gasteiger partial charge in [0.05, 0.1) is 7.11 Å². The van der Waals surface area contributed by atoms with Gasteiger partial charge in [-0.1, -0.05) is 24.6 Å². The van der Waals surface area contributed by atoms with E-state index < -0.39 is 0 Å². The molecule has 0 bridgehead atoms. The number of hydrogen-bond donors (Lipinski definition) is 0. The summed E-state index contributed by atoms with van der Waals surface area (Å²) < 4.78 is 5.73. The van der Waals surface area contributed by atoms with Crippen LogP contribution >= 0.6 is 0 Å². The average Bonchev–Trinajstić information content (AvgIpc) is 2.44. The Hall–Kier alpha value is -1.50. The molecule has 1 aromatic carbocycles. The summed E-state index contributed by atoms with van der Waals surface area (Å²) in [5, 5.41) is 0. The van der Waals surface area contributed by atoms with Crippen molar-refractivity contribution in [2.45, 2.75) is 59.3 Å². The van der Waals surface area contributed by atoms with Gasteiger partial charge in [0.25, 0.3) is 0 Å². The lowest BCUT2D eigenvalue weighted by Crippen LogP contribution is -2.25. The molecule has 0 aliphatic heterocycles. The summed E-state index contributed by atoms with van der Waals surface area (Å²) in [6, 6.07) is 2.25. The standard InChI is InChI=1S/C21H28O/c1-12(2)9-16-10-14(4)17-8-7-13(3)20-18(22-6)11-15(5)19(16)21(17)20/h7,9,11,14,16-17H,8,10H2,1-6H3/t14-,16+,17+/m0/s1. The number of rotatable bonds is 2. The molecule has 0 aromatic heterocycles. The van der Waals surface area contributed by atoms with Crippen LogP contribution in [0.2, 0.25) is 0 Å². The first-order chi connectivity index (χ1) is 10.4. The molecular formula is C21H28O. The van der Waals surface area contributed by atoms with Crippen molar-refractivity contribution in [3.63, 3.8) is 0 Å². The van der Waals surface area contributed by atoms with Gasteiger partial charge in [0, 0.05) is 11.5 Å². The SMILES string of the molecule is COc1cc(C)c2c3c1C(C)=CC[C@@H]3[C@@H](C)C[C@H]2C=C(C)C.